The number of pyridine rings is 1. The minimum absolute atomic E-state index is 0.104. The maximum atomic E-state index is 12.1. The Balaban J connectivity index is 1.57. The molecule has 0 aliphatic carbocycles. The van der Waals surface area contributed by atoms with E-state index in [0.29, 0.717) is 13.1 Å². The summed E-state index contributed by atoms with van der Waals surface area (Å²) in [6.45, 7) is 2.78. The van der Waals surface area contributed by atoms with E-state index in [2.05, 4.69) is 14.6 Å². The SMILES string of the molecule is CS(=O)(=O)NCC(=O)N1CC[C@@H](Oc2cccnc2N2CCCC2)C1. The second-order valence-corrected chi connectivity index (χ2v) is 8.31. The fraction of sp³-hybridized carbons (Fsp3) is 0.625. The third-order valence-corrected chi connectivity index (χ3v) is 5.10. The second kappa shape index (κ2) is 7.57. The van der Waals surface area contributed by atoms with Crippen molar-refractivity contribution in [1.82, 2.24) is 14.6 Å². The van der Waals surface area contributed by atoms with Gasteiger partial charge in [0.25, 0.3) is 0 Å². The average molecular weight is 368 g/mol. The van der Waals surface area contributed by atoms with Crippen molar-refractivity contribution in [3.63, 3.8) is 0 Å². The molecule has 1 atom stereocenters. The van der Waals surface area contributed by atoms with Crippen molar-refractivity contribution in [1.29, 1.82) is 0 Å². The van der Waals surface area contributed by atoms with E-state index >= 15 is 0 Å². The fourth-order valence-corrected chi connectivity index (χ4v) is 3.56. The summed E-state index contributed by atoms with van der Waals surface area (Å²) < 4.78 is 30.5. The van der Waals surface area contributed by atoms with Crippen molar-refractivity contribution in [2.45, 2.75) is 25.4 Å². The number of nitrogens with zero attached hydrogens (tertiary/aromatic N) is 3. The van der Waals surface area contributed by atoms with Gasteiger partial charge in [-0.2, -0.15) is 0 Å². The van der Waals surface area contributed by atoms with Crippen LogP contribution in [0.2, 0.25) is 0 Å². The van der Waals surface area contributed by atoms with Crippen LogP contribution in [0, 0.1) is 0 Å². The summed E-state index contributed by atoms with van der Waals surface area (Å²) in [5, 5.41) is 0. The zero-order chi connectivity index (χ0) is 17.9. The third-order valence-electron chi connectivity index (χ3n) is 4.43. The first-order valence-electron chi connectivity index (χ1n) is 8.51. The molecule has 9 heteroatoms. The molecule has 1 amide bonds. The Labute approximate surface area is 148 Å². The number of hydrogen-bond acceptors (Lipinski definition) is 6. The summed E-state index contributed by atoms with van der Waals surface area (Å²) in [5.41, 5.74) is 0. The number of carbonyl (C=O) groups is 1. The predicted octanol–water partition coefficient (Wildman–Crippen LogP) is 0.211. The van der Waals surface area contributed by atoms with Crippen LogP contribution in [0.25, 0.3) is 0 Å². The van der Waals surface area contributed by atoms with Crippen LogP contribution in [0.1, 0.15) is 19.3 Å². The summed E-state index contributed by atoms with van der Waals surface area (Å²) in [4.78, 5) is 20.4. The maximum Gasteiger partial charge on any atom is 0.237 e. The van der Waals surface area contributed by atoms with Crippen LogP contribution < -0.4 is 14.4 Å². The summed E-state index contributed by atoms with van der Waals surface area (Å²) in [7, 11) is -3.37. The van der Waals surface area contributed by atoms with Crippen molar-refractivity contribution in [3.8, 4) is 5.75 Å². The Bertz CT molecular complexity index is 719. The molecule has 0 spiro atoms. The molecule has 2 fully saturated rings. The van der Waals surface area contributed by atoms with Crippen molar-refractivity contribution in [3.05, 3.63) is 18.3 Å². The van der Waals surface area contributed by atoms with Crippen LogP contribution in [-0.4, -0.2) is 69.3 Å². The van der Waals surface area contributed by atoms with E-state index in [1.807, 2.05) is 12.1 Å². The number of carbonyl (C=O) groups excluding carboxylic acids is 1. The van der Waals surface area contributed by atoms with E-state index in [1.54, 1.807) is 11.1 Å². The van der Waals surface area contributed by atoms with Gasteiger partial charge in [-0.05, 0) is 25.0 Å². The first kappa shape index (κ1) is 17.9. The fourth-order valence-electron chi connectivity index (χ4n) is 3.18. The molecule has 0 bridgehead atoms. The zero-order valence-electron chi connectivity index (χ0n) is 14.3. The van der Waals surface area contributed by atoms with Crippen LogP contribution in [0.3, 0.4) is 0 Å². The predicted molar refractivity (Wildman–Crippen MR) is 94.1 cm³/mol. The Kier molecular flexibility index (Phi) is 5.43. The molecule has 3 rings (SSSR count). The summed E-state index contributed by atoms with van der Waals surface area (Å²) in [6, 6.07) is 3.76. The highest BCUT2D eigenvalue weighted by atomic mass is 32.2. The molecule has 2 saturated heterocycles. The molecule has 0 aromatic carbocycles. The molecule has 2 aliphatic heterocycles. The van der Waals surface area contributed by atoms with Gasteiger partial charge in [0.1, 0.15) is 6.10 Å². The van der Waals surface area contributed by atoms with E-state index in [0.717, 1.165) is 50.2 Å². The molecule has 3 heterocycles. The number of sulfonamides is 1. The summed E-state index contributed by atoms with van der Waals surface area (Å²) in [5.74, 6) is 1.38. The highest BCUT2D eigenvalue weighted by Crippen LogP contribution is 2.30. The number of rotatable bonds is 6. The molecule has 0 saturated carbocycles. The van der Waals surface area contributed by atoms with E-state index in [-0.39, 0.29) is 18.6 Å². The van der Waals surface area contributed by atoms with Gasteiger partial charge >= 0.3 is 0 Å². The Morgan fingerprint density at radius 1 is 1.36 bits per heavy atom. The van der Waals surface area contributed by atoms with Crippen molar-refractivity contribution in [2.75, 3.05) is 43.9 Å². The molecule has 0 unspecified atom stereocenters. The summed E-state index contributed by atoms with van der Waals surface area (Å²) in [6.07, 6.45) is 5.75. The standard InChI is InChI=1S/C16H24N4O4S/c1-25(22,23)18-11-15(21)20-10-6-13(12-20)24-14-5-4-7-17-16(14)19-8-2-3-9-19/h4-5,7,13,18H,2-3,6,8-12H2,1H3/t13-/m1/s1. The van der Waals surface area contributed by atoms with Crippen molar-refractivity contribution in [2.24, 2.45) is 0 Å². The maximum absolute atomic E-state index is 12.1. The molecular formula is C16H24N4O4S. The van der Waals surface area contributed by atoms with Gasteiger partial charge in [0, 0.05) is 32.3 Å². The quantitative estimate of drug-likeness (QED) is 0.772. The Morgan fingerprint density at radius 3 is 2.84 bits per heavy atom. The Hall–Kier alpha value is -1.87. The number of ether oxygens (including phenoxy) is 1. The van der Waals surface area contributed by atoms with Gasteiger partial charge in [-0.15, -0.1) is 0 Å². The molecule has 1 aromatic rings. The van der Waals surface area contributed by atoms with Gasteiger partial charge in [0.15, 0.2) is 11.6 Å². The topological polar surface area (TPSA) is 91.8 Å². The molecule has 1 N–H and O–H groups in total. The Morgan fingerprint density at radius 2 is 2.12 bits per heavy atom. The first-order chi connectivity index (χ1) is 11.9. The van der Waals surface area contributed by atoms with Gasteiger partial charge < -0.3 is 14.5 Å². The number of likely N-dealkylation sites (tertiary alicyclic amines) is 1. The number of hydrogen-bond donors (Lipinski definition) is 1. The number of amides is 1. The molecule has 25 heavy (non-hydrogen) atoms. The van der Waals surface area contributed by atoms with Gasteiger partial charge in [-0.3, -0.25) is 4.79 Å². The molecule has 138 valence electrons. The van der Waals surface area contributed by atoms with Crippen LogP contribution in [0.4, 0.5) is 5.82 Å². The highest BCUT2D eigenvalue weighted by molar-refractivity contribution is 7.88. The van der Waals surface area contributed by atoms with E-state index < -0.39 is 10.0 Å². The smallest absolute Gasteiger partial charge is 0.237 e. The summed E-state index contributed by atoms with van der Waals surface area (Å²) >= 11 is 0. The molecule has 0 radical (unpaired) electrons. The lowest BCUT2D eigenvalue weighted by molar-refractivity contribution is -0.129. The van der Waals surface area contributed by atoms with Gasteiger partial charge in [-0.25, -0.2) is 18.1 Å². The van der Waals surface area contributed by atoms with Gasteiger partial charge in [-0.1, -0.05) is 0 Å². The lowest BCUT2D eigenvalue weighted by Crippen LogP contribution is -2.39. The first-order valence-corrected chi connectivity index (χ1v) is 10.4. The van der Waals surface area contributed by atoms with Crippen LogP contribution >= 0.6 is 0 Å². The monoisotopic (exact) mass is 368 g/mol. The van der Waals surface area contributed by atoms with Crippen molar-refractivity contribution < 1.29 is 17.9 Å². The lowest BCUT2D eigenvalue weighted by atomic mass is 10.3. The number of anilines is 1. The third kappa shape index (κ3) is 4.82. The molecule has 2 aliphatic rings. The normalized spacial score (nSPS) is 20.9. The molecule has 1 aromatic heterocycles. The van der Waals surface area contributed by atoms with Crippen LogP contribution in [0.15, 0.2) is 18.3 Å². The van der Waals surface area contributed by atoms with E-state index in [4.69, 9.17) is 4.74 Å². The number of aromatic nitrogens is 1. The van der Waals surface area contributed by atoms with Crippen LogP contribution in [-0.2, 0) is 14.8 Å². The van der Waals surface area contributed by atoms with Crippen LogP contribution in [0.5, 0.6) is 5.75 Å². The van der Waals surface area contributed by atoms with Gasteiger partial charge in [0.2, 0.25) is 15.9 Å². The number of nitrogens with one attached hydrogen (secondary N) is 1. The second-order valence-electron chi connectivity index (χ2n) is 6.48. The average Bonchev–Trinajstić information content (AvgIpc) is 3.24. The highest BCUT2D eigenvalue weighted by Gasteiger charge is 2.29. The minimum Gasteiger partial charge on any atom is -0.485 e. The van der Waals surface area contributed by atoms with Crippen molar-refractivity contribution >= 4 is 21.7 Å². The van der Waals surface area contributed by atoms with Gasteiger partial charge in [0.05, 0.1) is 19.3 Å². The van der Waals surface area contributed by atoms with E-state index in [9.17, 15) is 13.2 Å². The molecule has 8 nitrogen and oxygen atoms in total. The largest absolute Gasteiger partial charge is 0.485 e. The van der Waals surface area contributed by atoms with E-state index in [1.165, 1.54) is 0 Å². The zero-order valence-corrected chi connectivity index (χ0v) is 15.2. The minimum atomic E-state index is -3.37. The molecular weight excluding hydrogens is 344 g/mol. The lowest BCUT2D eigenvalue weighted by Gasteiger charge is -2.22.